The molecular formula is C16H18N4O3. The molecule has 1 atom stereocenters. The highest BCUT2D eigenvalue weighted by Crippen LogP contribution is 2.20. The van der Waals surface area contributed by atoms with E-state index in [0.29, 0.717) is 36.9 Å². The van der Waals surface area contributed by atoms with Crippen LogP contribution < -0.4 is 5.56 Å². The minimum absolute atomic E-state index is 0.133. The molecule has 3 rings (SSSR count). The average Bonchev–Trinajstić information content (AvgIpc) is 2.54. The van der Waals surface area contributed by atoms with Crippen LogP contribution in [0.4, 0.5) is 0 Å². The van der Waals surface area contributed by atoms with Crippen LogP contribution in [-0.2, 0) is 4.74 Å². The Labute approximate surface area is 133 Å². The summed E-state index contributed by atoms with van der Waals surface area (Å²) in [5.41, 5.74) is 1.68. The van der Waals surface area contributed by atoms with Gasteiger partial charge in [-0.3, -0.25) is 14.6 Å². The first kappa shape index (κ1) is 15.4. The van der Waals surface area contributed by atoms with Crippen molar-refractivity contribution in [1.82, 2.24) is 19.9 Å². The Kier molecular flexibility index (Phi) is 4.20. The second kappa shape index (κ2) is 6.29. The van der Waals surface area contributed by atoms with Gasteiger partial charge in [-0.2, -0.15) is 0 Å². The molecule has 1 aliphatic rings. The van der Waals surface area contributed by atoms with Gasteiger partial charge >= 0.3 is 0 Å². The zero-order chi connectivity index (χ0) is 16.4. The van der Waals surface area contributed by atoms with Gasteiger partial charge in [-0.15, -0.1) is 0 Å². The van der Waals surface area contributed by atoms with Gasteiger partial charge in [0.25, 0.3) is 11.5 Å². The monoisotopic (exact) mass is 314 g/mol. The lowest BCUT2D eigenvalue weighted by Gasteiger charge is -2.32. The van der Waals surface area contributed by atoms with Gasteiger partial charge in [0.05, 0.1) is 13.2 Å². The van der Waals surface area contributed by atoms with Crippen molar-refractivity contribution in [2.24, 2.45) is 0 Å². The Balaban J connectivity index is 1.82. The summed E-state index contributed by atoms with van der Waals surface area (Å²) in [6.45, 7) is 4.82. The number of nitrogens with zero attached hydrogens (tertiary/aromatic N) is 3. The van der Waals surface area contributed by atoms with E-state index in [1.165, 1.54) is 6.07 Å². The smallest absolute Gasteiger partial charge is 0.272 e. The summed E-state index contributed by atoms with van der Waals surface area (Å²) < 4.78 is 5.67. The van der Waals surface area contributed by atoms with E-state index in [1.807, 2.05) is 13.0 Å². The number of pyridine rings is 1. The van der Waals surface area contributed by atoms with Crippen molar-refractivity contribution in [3.05, 3.63) is 57.5 Å². The number of carbonyl (C=O) groups is 1. The number of H-pyrrole nitrogens is 1. The van der Waals surface area contributed by atoms with Crippen LogP contribution in [-0.4, -0.2) is 45.5 Å². The molecule has 0 aromatic carbocycles. The normalized spacial score (nSPS) is 18.0. The van der Waals surface area contributed by atoms with E-state index in [9.17, 15) is 9.59 Å². The molecule has 1 fully saturated rings. The second-order valence-electron chi connectivity index (χ2n) is 5.55. The van der Waals surface area contributed by atoms with Crippen molar-refractivity contribution in [2.45, 2.75) is 20.0 Å². The maximum Gasteiger partial charge on any atom is 0.272 e. The number of hydrogen-bond donors (Lipinski definition) is 1. The average molecular weight is 314 g/mol. The maximum atomic E-state index is 12.6. The molecule has 1 aliphatic heterocycles. The minimum Gasteiger partial charge on any atom is -0.367 e. The molecule has 1 unspecified atom stereocenters. The first-order valence-corrected chi connectivity index (χ1v) is 7.45. The number of amides is 1. The van der Waals surface area contributed by atoms with Crippen molar-refractivity contribution in [1.29, 1.82) is 0 Å². The van der Waals surface area contributed by atoms with E-state index >= 15 is 0 Å². The Hall–Kier alpha value is -2.54. The number of ether oxygens (including phenoxy) is 1. The van der Waals surface area contributed by atoms with Crippen LogP contribution in [0.3, 0.4) is 0 Å². The third-order valence-electron chi connectivity index (χ3n) is 3.76. The van der Waals surface area contributed by atoms with Crippen LogP contribution in [0, 0.1) is 13.8 Å². The third-order valence-corrected chi connectivity index (χ3v) is 3.76. The van der Waals surface area contributed by atoms with E-state index in [0.717, 1.165) is 5.56 Å². The van der Waals surface area contributed by atoms with E-state index in [1.54, 1.807) is 24.1 Å². The molecule has 7 heteroatoms. The number of rotatable bonds is 2. The summed E-state index contributed by atoms with van der Waals surface area (Å²) in [6, 6.07) is 5.08. The number of morpholine rings is 1. The molecule has 23 heavy (non-hydrogen) atoms. The maximum absolute atomic E-state index is 12.6. The Morgan fingerprint density at radius 3 is 3.00 bits per heavy atom. The lowest BCUT2D eigenvalue weighted by atomic mass is 10.1. The first-order valence-electron chi connectivity index (χ1n) is 7.45. The quantitative estimate of drug-likeness (QED) is 0.893. The predicted octanol–water partition coefficient (Wildman–Crippen LogP) is 0.995. The highest BCUT2D eigenvalue weighted by molar-refractivity contribution is 5.93. The highest BCUT2D eigenvalue weighted by Gasteiger charge is 2.28. The molecule has 2 aromatic heterocycles. The first-order chi connectivity index (χ1) is 11.0. The van der Waals surface area contributed by atoms with Crippen LogP contribution in [0.5, 0.6) is 0 Å². The van der Waals surface area contributed by atoms with E-state index in [-0.39, 0.29) is 11.5 Å². The molecule has 0 radical (unpaired) electrons. The van der Waals surface area contributed by atoms with Gasteiger partial charge in [-0.05, 0) is 25.5 Å². The molecule has 1 amide bonds. The van der Waals surface area contributed by atoms with Crippen LogP contribution >= 0.6 is 0 Å². The fourth-order valence-electron chi connectivity index (χ4n) is 2.61. The topological polar surface area (TPSA) is 88.2 Å². The summed E-state index contributed by atoms with van der Waals surface area (Å²) in [7, 11) is 0. The van der Waals surface area contributed by atoms with E-state index in [4.69, 9.17) is 4.74 Å². The van der Waals surface area contributed by atoms with Crippen LogP contribution in [0.25, 0.3) is 0 Å². The van der Waals surface area contributed by atoms with Gasteiger partial charge in [0, 0.05) is 24.5 Å². The van der Waals surface area contributed by atoms with E-state index in [2.05, 4.69) is 15.0 Å². The highest BCUT2D eigenvalue weighted by atomic mass is 16.5. The van der Waals surface area contributed by atoms with Crippen LogP contribution in [0.1, 0.15) is 33.7 Å². The number of aromatic nitrogens is 3. The molecule has 0 bridgehead atoms. The molecule has 1 N–H and O–H groups in total. The van der Waals surface area contributed by atoms with Crippen LogP contribution in [0.15, 0.2) is 29.2 Å². The second-order valence-corrected chi connectivity index (χ2v) is 5.55. The fourth-order valence-corrected chi connectivity index (χ4v) is 2.61. The van der Waals surface area contributed by atoms with Crippen molar-refractivity contribution in [2.75, 3.05) is 19.7 Å². The van der Waals surface area contributed by atoms with Crippen LogP contribution in [0.2, 0.25) is 0 Å². The molecule has 0 saturated carbocycles. The van der Waals surface area contributed by atoms with E-state index < -0.39 is 6.10 Å². The summed E-state index contributed by atoms with van der Waals surface area (Å²) in [6.07, 6.45) is 1.17. The van der Waals surface area contributed by atoms with Gasteiger partial charge in [0.15, 0.2) is 0 Å². The van der Waals surface area contributed by atoms with Crippen molar-refractivity contribution in [3.8, 4) is 0 Å². The molecule has 7 nitrogen and oxygen atoms in total. The molecule has 0 aliphatic carbocycles. The molecule has 1 saturated heterocycles. The van der Waals surface area contributed by atoms with Gasteiger partial charge in [0.1, 0.15) is 17.6 Å². The van der Waals surface area contributed by atoms with Crippen molar-refractivity contribution in [3.63, 3.8) is 0 Å². The molecule has 120 valence electrons. The van der Waals surface area contributed by atoms with Crippen molar-refractivity contribution >= 4 is 5.91 Å². The number of nitrogens with one attached hydrogen (secondary N) is 1. The molecule has 0 spiro atoms. The summed E-state index contributed by atoms with van der Waals surface area (Å²) in [5, 5.41) is 0. The predicted molar refractivity (Wildman–Crippen MR) is 83.2 cm³/mol. The Morgan fingerprint density at radius 1 is 1.43 bits per heavy atom. The number of hydrogen-bond acceptors (Lipinski definition) is 5. The molecule has 3 heterocycles. The Bertz CT molecular complexity index is 787. The number of aromatic amines is 1. The minimum atomic E-state index is -0.440. The zero-order valence-corrected chi connectivity index (χ0v) is 13.1. The molecular weight excluding hydrogens is 296 g/mol. The van der Waals surface area contributed by atoms with Gasteiger partial charge < -0.3 is 14.6 Å². The van der Waals surface area contributed by atoms with Crippen molar-refractivity contribution < 1.29 is 9.53 Å². The van der Waals surface area contributed by atoms with Gasteiger partial charge in [0.2, 0.25) is 0 Å². The van der Waals surface area contributed by atoms with Gasteiger partial charge in [-0.25, -0.2) is 4.98 Å². The molecule has 2 aromatic rings. The lowest BCUT2D eigenvalue weighted by molar-refractivity contribution is -0.0271. The Morgan fingerprint density at radius 2 is 2.26 bits per heavy atom. The number of carbonyl (C=O) groups excluding carboxylic acids is 1. The summed E-state index contributed by atoms with van der Waals surface area (Å²) in [4.78, 5) is 37.1. The number of aryl methyl sites for hydroxylation is 2. The largest absolute Gasteiger partial charge is 0.367 e. The third kappa shape index (κ3) is 3.29. The SMILES string of the molecule is Cc1cc(=O)[nH]c(C2CN(C(=O)c3ncccc3C)CCO2)n1. The lowest BCUT2D eigenvalue weighted by Crippen LogP contribution is -2.43. The fraction of sp³-hybridized carbons (Fsp3) is 0.375. The summed E-state index contributed by atoms with van der Waals surface area (Å²) in [5.74, 6) is 0.316. The summed E-state index contributed by atoms with van der Waals surface area (Å²) >= 11 is 0. The van der Waals surface area contributed by atoms with Gasteiger partial charge in [-0.1, -0.05) is 6.07 Å². The standard InChI is InChI=1S/C16H18N4O3/c1-10-4-3-5-17-14(10)16(22)20-6-7-23-12(9-20)15-18-11(2)8-13(21)19-15/h3-5,8,12H,6-7,9H2,1-2H3,(H,18,19,21). The zero-order valence-electron chi connectivity index (χ0n) is 13.1.